The van der Waals surface area contributed by atoms with E-state index < -0.39 is 5.41 Å². The SMILES string of the molecule is c1ccc(-c2cc3ccccc3cc2N(c2ccc3c(c2)C2(c4ccccc4-3)c3ccccc3-c3ccc(N(c4ccccc4)c4cccc5oc6ccccc6c45)cc32)c2ccc3ccccc3c2)cc1. The third-order valence-electron chi connectivity index (χ3n) is 15.4. The summed E-state index contributed by atoms with van der Waals surface area (Å²) in [5.41, 5.74) is 20.1. The summed E-state index contributed by atoms with van der Waals surface area (Å²) in [7, 11) is 0. The molecular weight excluding hydrogens is 873 g/mol. The number of benzene rings is 12. The fourth-order valence-corrected chi connectivity index (χ4v) is 12.3. The Balaban J connectivity index is 1.01. The van der Waals surface area contributed by atoms with Gasteiger partial charge in [0.1, 0.15) is 11.2 Å². The molecule has 1 heterocycles. The van der Waals surface area contributed by atoms with Crippen LogP contribution in [0, 0.1) is 0 Å². The third kappa shape index (κ3) is 5.92. The molecular formula is C69H44N2O. The first-order valence-corrected chi connectivity index (χ1v) is 24.8. The van der Waals surface area contributed by atoms with Gasteiger partial charge in [-0.3, -0.25) is 0 Å². The number of para-hydroxylation sites is 2. The zero-order valence-electron chi connectivity index (χ0n) is 39.2. The van der Waals surface area contributed by atoms with Gasteiger partial charge in [0.05, 0.1) is 22.2 Å². The zero-order chi connectivity index (χ0) is 47.3. The van der Waals surface area contributed by atoms with Crippen LogP contribution in [0.4, 0.5) is 34.1 Å². The first-order chi connectivity index (χ1) is 35.7. The maximum atomic E-state index is 6.52. The van der Waals surface area contributed by atoms with E-state index in [9.17, 15) is 0 Å². The van der Waals surface area contributed by atoms with Crippen molar-refractivity contribution < 1.29 is 4.42 Å². The predicted octanol–water partition coefficient (Wildman–Crippen LogP) is 18.8. The van der Waals surface area contributed by atoms with E-state index >= 15 is 0 Å². The Morgan fingerprint density at radius 2 is 0.778 bits per heavy atom. The van der Waals surface area contributed by atoms with Crippen molar-refractivity contribution in [2.75, 3.05) is 9.80 Å². The summed E-state index contributed by atoms with van der Waals surface area (Å²) >= 11 is 0. The Morgan fingerprint density at radius 3 is 1.47 bits per heavy atom. The second-order valence-corrected chi connectivity index (χ2v) is 19.2. The molecule has 1 atom stereocenters. The minimum Gasteiger partial charge on any atom is -0.456 e. The van der Waals surface area contributed by atoms with E-state index in [4.69, 9.17) is 4.42 Å². The molecule has 2 aliphatic rings. The van der Waals surface area contributed by atoms with E-state index in [1.54, 1.807) is 0 Å². The van der Waals surface area contributed by atoms with Gasteiger partial charge in [-0.15, -0.1) is 0 Å². The Morgan fingerprint density at radius 1 is 0.278 bits per heavy atom. The first-order valence-electron chi connectivity index (χ1n) is 24.8. The van der Waals surface area contributed by atoms with Gasteiger partial charge in [-0.25, -0.2) is 0 Å². The van der Waals surface area contributed by atoms with Gasteiger partial charge in [-0.05, 0) is 150 Å². The summed E-state index contributed by atoms with van der Waals surface area (Å²) in [6.45, 7) is 0. The average Bonchev–Trinajstić information content (AvgIpc) is 4.08. The van der Waals surface area contributed by atoms with Crippen molar-refractivity contribution in [1.29, 1.82) is 0 Å². The number of hydrogen-bond acceptors (Lipinski definition) is 3. The predicted molar refractivity (Wildman–Crippen MR) is 300 cm³/mol. The van der Waals surface area contributed by atoms with Crippen molar-refractivity contribution in [2.45, 2.75) is 5.41 Å². The fraction of sp³-hybridized carbons (Fsp3) is 0.0145. The van der Waals surface area contributed by atoms with Gasteiger partial charge in [0.15, 0.2) is 0 Å². The number of anilines is 6. The van der Waals surface area contributed by atoms with Crippen LogP contribution < -0.4 is 9.80 Å². The molecule has 12 aromatic carbocycles. The maximum absolute atomic E-state index is 6.52. The summed E-state index contributed by atoms with van der Waals surface area (Å²) in [6.07, 6.45) is 0. The molecule has 0 saturated heterocycles. The molecule has 3 nitrogen and oxygen atoms in total. The lowest BCUT2D eigenvalue weighted by Crippen LogP contribution is -2.26. The summed E-state index contributed by atoms with van der Waals surface area (Å²) < 4.78 is 6.52. The monoisotopic (exact) mass is 916 g/mol. The number of hydrogen-bond donors (Lipinski definition) is 0. The topological polar surface area (TPSA) is 19.6 Å². The van der Waals surface area contributed by atoms with Crippen LogP contribution in [0.15, 0.2) is 271 Å². The van der Waals surface area contributed by atoms with Crippen molar-refractivity contribution >= 4 is 77.6 Å². The van der Waals surface area contributed by atoms with Gasteiger partial charge in [0, 0.05) is 33.7 Å². The van der Waals surface area contributed by atoms with Crippen molar-refractivity contribution in [3.8, 4) is 33.4 Å². The quantitative estimate of drug-likeness (QED) is 0.159. The molecule has 13 aromatic rings. The number of fused-ring (bicyclic) bond motifs is 15. The van der Waals surface area contributed by atoms with Crippen LogP contribution in [0.1, 0.15) is 22.3 Å². The normalized spacial score (nSPS) is 14.2. The van der Waals surface area contributed by atoms with E-state index in [0.717, 1.165) is 56.1 Å². The molecule has 3 heteroatoms. The second-order valence-electron chi connectivity index (χ2n) is 19.2. The summed E-state index contributed by atoms with van der Waals surface area (Å²) in [6, 6.07) is 98.2. The summed E-state index contributed by atoms with van der Waals surface area (Å²) in [4.78, 5) is 4.93. The second kappa shape index (κ2) is 15.8. The molecule has 0 saturated carbocycles. The van der Waals surface area contributed by atoms with E-state index in [2.05, 4.69) is 271 Å². The van der Waals surface area contributed by atoms with Crippen LogP contribution in [0.2, 0.25) is 0 Å². The molecule has 0 aliphatic heterocycles. The lowest BCUT2D eigenvalue weighted by Gasteiger charge is -2.34. The smallest absolute Gasteiger partial charge is 0.137 e. The van der Waals surface area contributed by atoms with Gasteiger partial charge in [-0.1, -0.05) is 188 Å². The molecule has 1 unspecified atom stereocenters. The highest BCUT2D eigenvalue weighted by atomic mass is 16.3. The van der Waals surface area contributed by atoms with Crippen LogP contribution in [-0.2, 0) is 5.41 Å². The van der Waals surface area contributed by atoms with Gasteiger partial charge < -0.3 is 14.2 Å². The number of nitrogens with zero attached hydrogens (tertiary/aromatic N) is 2. The lowest BCUT2D eigenvalue weighted by molar-refractivity contribution is 0.669. The minimum atomic E-state index is -0.638. The van der Waals surface area contributed by atoms with E-state index in [-0.39, 0.29) is 0 Å². The molecule has 0 radical (unpaired) electrons. The standard InChI is InChI=1S/C69H44N2O/c1-3-19-46(20-4-1)59-41-48-22-9-10-23-49(48)42-65(59)71(51-35-34-45-18-7-8-21-47(45)40-51)53-37-39-57-55-27-12-15-30-61(55)69(63(57)44-53)60-29-14-11-26-54(60)56-38-36-52(43-62(56)69)70(50-24-5-2-6-25-50)64-31-17-33-67-68(64)58-28-13-16-32-66(58)72-67/h1-44H. The first kappa shape index (κ1) is 40.4. The molecule has 2 aliphatic carbocycles. The molecule has 1 aromatic heterocycles. The summed E-state index contributed by atoms with van der Waals surface area (Å²) in [5, 5.41) is 6.99. The summed E-state index contributed by atoms with van der Waals surface area (Å²) in [5.74, 6) is 0. The highest BCUT2D eigenvalue weighted by molar-refractivity contribution is 6.13. The Kier molecular flexibility index (Phi) is 8.87. The van der Waals surface area contributed by atoms with Gasteiger partial charge in [0.2, 0.25) is 0 Å². The molecule has 15 rings (SSSR count). The van der Waals surface area contributed by atoms with E-state index in [0.29, 0.717) is 0 Å². The van der Waals surface area contributed by atoms with Crippen LogP contribution >= 0.6 is 0 Å². The van der Waals surface area contributed by atoms with Crippen molar-refractivity contribution in [3.63, 3.8) is 0 Å². The highest BCUT2D eigenvalue weighted by Crippen LogP contribution is 2.64. The van der Waals surface area contributed by atoms with Crippen molar-refractivity contribution in [3.05, 3.63) is 289 Å². The van der Waals surface area contributed by atoms with Crippen LogP contribution in [0.5, 0.6) is 0 Å². The number of furan rings is 1. The van der Waals surface area contributed by atoms with Crippen molar-refractivity contribution in [1.82, 2.24) is 0 Å². The Labute approximate surface area is 417 Å². The van der Waals surface area contributed by atoms with Gasteiger partial charge >= 0.3 is 0 Å². The molecule has 72 heavy (non-hydrogen) atoms. The van der Waals surface area contributed by atoms with Gasteiger partial charge in [-0.2, -0.15) is 0 Å². The van der Waals surface area contributed by atoms with Crippen LogP contribution in [-0.4, -0.2) is 0 Å². The zero-order valence-corrected chi connectivity index (χ0v) is 39.2. The van der Waals surface area contributed by atoms with Crippen molar-refractivity contribution in [2.24, 2.45) is 0 Å². The Hall–Kier alpha value is -9.44. The lowest BCUT2D eigenvalue weighted by atomic mass is 9.70. The molecule has 336 valence electrons. The Bertz CT molecular complexity index is 4290. The molecule has 0 amide bonds. The third-order valence-corrected chi connectivity index (χ3v) is 15.4. The molecule has 1 spiro atoms. The van der Waals surface area contributed by atoms with E-state index in [1.807, 2.05) is 6.07 Å². The van der Waals surface area contributed by atoms with E-state index in [1.165, 1.54) is 77.2 Å². The molecule has 0 fully saturated rings. The largest absolute Gasteiger partial charge is 0.456 e. The minimum absolute atomic E-state index is 0.638. The maximum Gasteiger partial charge on any atom is 0.137 e. The van der Waals surface area contributed by atoms with Crippen LogP contribution in [0.25, 0.3) is 76.9 Å². The average molecular weight is 917 g/mol. The highest BCUT2D eigenvalue weighted by Gasteiger charge is 2.52. The number of rotatable bonds is 7. The van der Waals surface area contributed by atoms with Crippen LogP contribution in [0.3, 0.4) is 0 Å². The molecule has 0 bridgehead atoms. The fourth-order valence-electron chi connectivity index (χ4n) is 12.3. The van der Waals surface area contributed by atoms with Gasteiger partial charge in [0.25, 0.3) is 0 Å². The molecule has 0 N–H and O–H groups in total.